The van der Waals surface area contributed by atoms with E-state index in [-0.39, 0.29) is 17.7 Å². The highest BCUT2D eigenvalue weighted by molar-refractivity contribution is 5.73. The molecule has 1 saturated carbocycles. The highest BCUT2D eigenvalue weighted by Gasteiger charge is 2.44. The quantitative estimate of drug-likeness (QED) is 0.503. The van der Waals surface area contributed by atoms with Gasteiger partial charge in [-0.3, -0.25) is 4.79 Å². The van der Waals surface area contributed by atoms with Crippen LogP contribution >= 0.6 is 0 Å². The smallest absolute Gasteiger partial charge is 0.217 e. The van der Waals surface area contributed by atoms with Gasteiger partial charge in [-0.25, -0.2) is 0 Å². The van der Waals surface area contributed by atoms with Gasteiger partial charge in [-0.1, -0.05) is 13.8 Å². The summed E-state index contributed by atoms with van der Waals surface area (Å²) in [7, 11) is 0. The molecule has 5 nitrogen and oxygen atoms in total. The van der Waals surface area contributed by atoms with Crippen LogP contribution in [0.15, 0.2) is 0 Å². The number of hydrogen-bond acceptors (Lipinski definition) is 4. The molecule has 0 aromatic carbocycles. The highest BCUT2D eigenvalue weighted by atomic mass is 16.3. The molecule has 5 atom stereocenters. The number of hydrogen-bond donors (Lipinski definition) is 4. The van der Waals surface area contributed by atoms with Crippen molar-refractivity contribution in [1.82, 2.24) is 5.32 Å². The maximum Gasteiger partial charge on any atom is 0.217 e. The third-order valence-electron chi connectivity index (χ3n) is 3.31. The van der Waals surface area contributed by atoms with Crippen molar-refractivity contribution >= 4 is 5.91 Å². The van der Waals surface area contributed by atoms with Crippen LogP contribution in [-0.4, -0.2) is 45.6 Å². The third kappa shape index (κ3) is 2.72. The molecule has 4 N–H and O–H groups in total. The minimum atomic E-state index is -1.10. The minimum Gasteiger partial charge on any atom is -0.391 e. The molecule has 3 unspecified atom stereocenters. The monoisotopic (exact) mass is 231 g/mol. The van der Waals surface area contributed by atoms with E-state index >= 15 is 0 Å². The predicted molar refractivity (Wildman–Crippen MR) is 58.6 cm³/mol. The van der Waals surface area contributed by atoms with Crippen molar-refractivity contribution in [3.8, 4) is 0 Å². The summed E-state index contributed by atoms with van der Waals surface area (Å²) in [6.07, 6.45) is -2.46. The molecule has 0 heterocycles. The second kappa shape index (κ2) is 5.12. The van der Waals surface area contributed by atoms with E-state index in [1.54, 1.807) is 0 Å². The zero-order chi connectivity index (χ0) is 12.5. The van der Waals surface area contributed by atoms with Gasteiger partial charge in [0.1, 0.15) is 6.10 Å². The Morgan fingerprint density at radius 2 is 1.81 bits per heavy atom. The minimum absolute atomic E-state index is 0.116. The molecular formula is C11H21NO4. The number of carbonyl (C=O) groups excluding carboxylic acids is 1. The first-order chi connectivity index (χ1) is 7.34. The van der Waals surface area contributed by atoms with Crippen LogP contribution in [0.1, 0.15) is 27.2 Å². The van der Waals surface area contributed by atoms with E-state index < -0.39 is 24.4 Å². The molecule has 1 aliphatic rings. The molecule has 0 aliphatic heterocycles. The Bertz CT molecular complexity index is 256. The predicted octanol–water partition coefficient (Wildman–Crippen LogP) is -0.750. The molecule has 1 fully saturated rings. The number of amides is 1. The SMILES string of the molecule is CC(=O)NC1C(O)[C@H](C(C)C)CC(O)[C@H]1O. The van der Waals surface area contributed by atoms with Crippen LogP contribution < -0.4 is 5.32 Å². The lowest BCUT2D eigenvalue weighted by Crippen LogP contribution is -2.61. The molecule has 1 aliphatic carbocycles. The van der Waals surface area contributed by atoms with E-state index in [2.05, 4.69) is 5.32 Å². The standard InChI is InChI=1S/C11H21NO4/c1-5(2)7-4-8(14)11(16)9(10(7)15)12-6(3)13/h5,7-11,14-16H,4H2,1-3H3,(H,12,13)/t7-,8?,9?,10?,11+/m0/s1. The summed E-state index contributed by atoms with van der Waals surface area (Å²) in [4.78, 5) is 11.0. The highest BCUT2D eigenvalue weighted by Crippen LogP contribution is 2.31. The lowest BCUT2D eigenvalue weighted by molar-refractivity contribution is -0.133. The molecule has 16 heavy (non-hydrogen) atoms. The normalized spacial score (nSPS) is 39.8. The number of carbonyl (C=O) groups is 1. The van der Waals surface area contributed by atoms with Crippen molar-refractivity contribution in [2.24, 2.45) is 11.8 Å². The first kappa shape index (κ1) is 13.4. The first-order valence-corrected chi connectivity index (χ1v) is 5.66. The van der Waals surface area contributed by atoms with Crippen molar-refractivity contribution in [1.29, 1.82) is 0 Å². The Morgan fingerprint density at radius 1 is 1.25 bits per heavy atom. The Kier molecular flexibility index (Phi) is 4.29. The van der Waals surface area contributed by atoms with E-state index in [0.717, 1.165) is 0 Å². The van der Waals surface area contributed by atoms with Gasteiger partial charge in [-0.2, -0.15) is 0 Å². The van der Waals surface area contributed by atoms with Gasteiger partial charge >= 0.3 is 0 Å². The second-order valence-corrected chi connectivity index (χ2v) is 4.92. The van der Waals surface area contributed by atoms with Crippen LogP contribution in [0.2, 0.25) is 0 Å². The van der Waals surface area contributed by atoms with E-state index in [0.29, 0.717) is 6.42 Å². The zero-order valence-corrected chi connectivity index (χ0v) is 9.92. The van der Waals surface area contributed by atoms with Crippen molar-refractivity contribution in [2.75, 3.05) is 0 Å². The molecule has 0 radical (unpaired) electrons. The summed E-state index contributed by atoms with van der Waals surface area (Å²) >= 11 is 0. The van der Waals surface area contributed by atoms with Gasteiger partial charge in [-0.05, 0) is 18.3 Å². The molecule has 0 aromatic heterocycles. The molecule has 0 saturated heterocycles. The molecule has 94 valence electrons. The van der Waals surface area contributed by atoms with Crippen LogP contribution in [0, 0.1) is 11.8 Å². The van der Waals surface area contributed by atoms with Crippen LogP contribution in [0.25, 0.3) is 0 Å². The van der Waals surface area contributed by atoms with Gasteiger partial charge in [0.05, 0.1) is 18.2 Å². The van der Waals surface area contributed by atoms with Gasteiger partial charge < -0.3 is 20.6 Å². The van der Waals surface area contributed by atoms with Gasteiger partial charge in [0.25, 0.3) is 0 Å². The number of aliphatic hydroxyl groups excluding tert-OH is 3. The summed E-state index contributed by atoms with van der Waals surface area (Å²) in [5.41, 5.74) is 0. The van der Waals surface area contributed by atoms with E-state index in [9.17, 15) is 20.1 Å². The lowest BCUT2D eigenvalue weighted by atomic mass is 9.74. The summed E-state index contributed by atoms with van der Waals surface area (Å²) in [6, 6.07) is -0.784. The number of aliphatic hydroxyl groups is 3. The van der Waals surface area contributed by atoms with Crippen LogP contribution in [-0.2, 0) is 4.79 Å². The molecule has 0 aromatic rings. The van der Waals surface area contributed by atoms with Gasteiger partial charge in [0, 0.05) is 6.92 Å². The summed E-state index contributed by atoms with van der Waals surface area (Å²) in [6.45, 7) is 5.22. The molecule has 1 rings (SSSR count). The number of nitrogens with one attached hydrogen (secondary N) is 1. The fourth-order valence-electron chi connectivity index (χ4n) is 2.34. The average Bonchev–Trinajstić information content (AvgIpc) is 2.17. The topological polar surface area (TPSA) is 89.8 Å². The average molecular weight is 231 g/mol. The van der Waals surface area contributed by atoms with Crippen molar-refractivity contribution < 1.29 is 20.1 Å². The fraction of sp³-hybridized carbons (Fsp3) is 0.909. The van der Waals surface area contributed by atoms with E-state index in [1.165, 1.54) is 6.92 Å². The Morgan fingerprint density at radius 3 is 2.25 bits per heavy atom. The number of rotatable bonds is 2. The van der Waals surface area contributed by atoms with Crippen molar-refractivity contribution in [2.45, 2.75) is 51.5 Å². The summed E-state index contributed by atoms with van der Waals surface area (Å²) < 4.78 is 0. The van der Waals surface area contributed by atoms with E-state index in [4.69, 9.17) is 0 Å². The Balaban J connectivity index is 2.81. The first-order valence-electron chi connectivity index (χ1n) is 5.66. The lowest BCUT2D eigenvalue weighted by Gasteiger charge is -2.42. The molecule has 5 heteroatoms. The molecule has 0 spiro atoms. The summed E-state index contributed by atoms with van der Waals surface area (Å²) in [5, 5.41) is 32.0. The maximum absolute atomic E-state index is 11.0. The fourth-order valence-corrected chi connectivity index (χ4v) is 2.34. The van der Waals surface area contributed by atoms with Gasteiger partial charge in [0.2, 0.25) is 5.91 Å². The third-order valence-corrected chi connectivity index (χ3v) is 3.31. The van der Waals surface area contributed by atoms with Crippen molar-refractivity contribution in [3.63, 3.8) is 0 Å². The van der Waals surface area contributed by atoms with Gasteiger partial charge in [-0.15, -0.1) is 0 Å². The van der Waals surface area contributed by atoms with Crippen LogP contribution in [0.5, 0.6) is 0 Å². The molecular weight excluding hydrogens is 210 g/mol. The molecule has 0 bridgehead atoms. The zero-order valence-electron chi connectivity index (χ0n) is 9.92. The molecule has 1 amide bonds. The Labute approximate surface area is 95.5 Å². The van der Waals surface area contributed by atoms with E-state index in [1.807, 2.05) is 13.8 Å². The maximum atomic E-state index is 11.0. The summed E-state index contributed by atoms with van der Waals surface area (Å²) in [5.74, 6) is -0.247. The largest absolute Gasteiger partial charge is 0.391 e. The van der Waals surface area contributed by atoms with Crippen LogP contribution in [0.3, 0.4) is 0 Å². The van der Waals surface area contributed by atoms with Crippen LogP contribution in [0.4, 0.5) is 0 Å². The Hall–Kier alpha value is -0.650. The second-order valence-electron chi connectivity index (χ2n) is 4.92. The van der Waals surface area contributed by atoms with Crippen molar-refractivity contribution in [3.05, 3.63) is 0 Å². The van der Waals surface area contributed by atoms with Gasteiger partial charge in [0.15, 0.2) is 0 Å².